The molecule has 0 aliphatic heterocycles. The molecule has 3 heteroatoms. The Morgan fingerprint density at radius 1 is 1.27 bits per heavy atom. The summed E-state index contributed by atoms with van der Waals surface area (Å²) in [5.74, 6) is 2.16. The summed E-state index contributed by atoms with van der Waals surface area (Å²) in [6.45, 7) is 2.09. The van der Waals surface area contributed by atoms with E-state index in [9.17, 15) is 0 Å². The van der Waals surface area contributed by atoms with E-state index in [1.807, 2.05) is 23.9 Å². The SMILES string of the molecule is COc1ccccc1CCNCCSC. The molecule has 1 aromatic carbocycles. The number of methoxy groups -OCH3 is 1. The predicted octanol–water partition coefficient (Wildman–Crippen LogP) is 2.19. The Kier molecular flexibility index (Phi) is 6.28. The molecule has 0 atom stereocenters. The normalized spacial score (nSPS) is 10.3. The summed E-state index contributed by atoms with van der Waals surface area (Å²) in [6, 6.07) is 8.19. The van der Waals surface area contributed by atoms with E-state index in [2.05, 4.69) is 23.7 Å². The van der Waals surface area contributed by atoms with Crippen molar-refractivity contribution in [1.82, 2.24) is 5.32 Å². The Morgan fingerprint density at radius 3 is 2.80 bits per heavy atom. The maximum absolute atomic E-state index is 5.29. The smallest absolute Gasteiger partial charge is 0.122 e. The summed E-state index contributed by atoms with van der Waals surface area (Å²) in [5.41, 5.74) is 1.27. The van der Waals surface area contributed by atoms with Gasteiger partial charge >= 0.3 is 0 Å². The van der Waals surface area contributed by atoms with Gasteiger partial charge in [-0.05, 0) is 30.9 Å². The zero-order chi connectivity index (χ0) is 10.9. The quantitative estimate of drug-likeness (QED) is 0.719. The van der Waals surface area contributed by atoms with Crippen molar-refractivity contribution in [1.29, 1.82) is 0 Å². The van der Waals surface area contributed by atoms with Crippen LogP contribution in [0, 0.1) is 0 Å². The molecule has 1 aromatic rings. The Bertz CT molecular complexity index is 278. The highest BCUT2D eigenvalue weighted by atomic mass is 32.2. The van der Waals surface area contributed by atoms with Crippen LogP contribution in [-0.4, -0.2) is 32.2 Å². The van der Waals surface area contributed by atoms with Gasteiger partial charge in [0.15, 0.2) is 0 Å². The van der Waals surface area contributed by atoms with Gasteiger partial charge in [0.25, 0.3) is 0 Å². The van der Waals surface area contributed by atoms with E-state index in [0.29, 0.717) is 0 Å². The van der Waals surface area contributed by atoms with E-state index in [0.717, 1.165) is 25.3 Å². The maximum atomic E-state index is 5.29. The molecule has 15 heavy (non-hydrogen) atoms. The van der Waals surface area contributed by atoms with Crippen molar-refractivity contribution in [2.45, 2.75) is 6.42 Å². The van der Waals surface area contributed by atoms with Gasteiger partial charge in [0, 0.05) is 12.3 Å². The van der Waals surface area contributed by atoms with Crippen LogP contribution >= 0.6 is 11.8 Å². The lowest BCUT2D eigenvalue weighted by Gasteiger charge is -2.08. The second-order valence-corrected chi connectivity index (χ2v) is 4.29. The van der Waals surface area contributed by atoms with Crippen molar-refractivity contribution in [3.05, 3.63) is 29.8 Å². The third-order valence-corrected chi connectivity index (χ3v) is 2.86. The van der Waals surface area contributed by atoms with E-state index < -0.39 is 0 Å². The fraction of sp³-hybridized carbons (Fsp3) is 0.500. The second-order valence-electron chi connectivity index (χ2n) is 3.30. The zero-order valence-electron chi connectivity index (χ0n) is 9.45. The molecule has 84 valence electrons. The average molecular weight is 225 g/mol. The summed E-state index contributed by atoms with van der Waals surface area (Å²) >= 11 is 1.87. The summed E-state index contributed by atoms with van der Waals surface area (Å²) in [5, 5.41) is 3.41. The standard InChI is InChI=1S/C12H19NOS/c1-14-12-6-4-3-5-11(12)7-8-13-9-10-15-2/h3-6,13H,7-10H2,1-2H3. The van der Waals surface area contributed by atoms with Crippen LogP contribution < -0.4 is 10.1 Å². The molecule has 0 aromatic heterocycles. The fourth-order valence-corrected chi connectivity index (χ4v) is 1.78. The lowest BCUT2D eigenvalue weighted by atomic mass is 10.1. The molecule has 1 N–H and O–H groups in total. The molecule has 0 spiro atoms. The number of para-hydroxylation sites is 1. The highest BCUT2D eigenvalue weighted by Crippen LogP contribution is 2.17. The third-order valence-electron chi connectivity index (χ3n) is 2.25. The number of rotatable bonds is 7. The first-order valence-electron chi connectivity index (χ1n) is 5.20. The topological polar surface area (TPSA) is 21.3 Å². The molecular formula is C12H19NOS. The predicted molar refractivity (Wildman–Crippen MR) is 67.9 cm³/mol. The number of ether oxygens (including phenoxy) is 1. The molecule has 0 aliphatic rings. The summed E-state index contributed by atoms with van der Waals surface area (Å²) in [6.07, 6.45) is 3.15. The monoisotopic (exact) mass is 225 g/mol. The van der Waals surface area contributed by atoms with Gasteiger partial charge in [0.2, 0.25) is 0 Å². The van der Waals surface area contributed by atoms with Gasteiger partial charge in [-0.2, -0.15) is 11.8 Å². The summed E-state index contributed by atoms with van der Waals surface area (Å²) in [7, 11) is 1.72. The first-order valence-corrected chi connectivity index (χ1v) is 6.59. The Hall–Kier alpha value is -0.670. The van der Waals surface area contributed by atoms with Crippen molar-refractivity contribution < 1.29 is 4.74 Å². The van der Waals surface area contributed by atoms with E-state index in [-0.39, 0.29) is 0 Å². The van der Waals surface area contributed by atoms with Crippen molar-refractivity contribution in [3.63, 3.8) is 0 Å². The largest absolute Gasteiger partial charge is 0.496 e. The Morgan fingerprint density at radius 2 is 2.07 bits per heavy atom. The molecule has 0 aliphatic carbocycles. The Balaban J connectivity index is 2.30. The van der Waals surface area contributed by atoms with Gasteiger partial charge in [-0.25, -0.2) is 0 Å². The van der Waals surface area contributed by atoms with Gasteiger partial charge in [0.05, 0.1) is 7.11 Å². The number of nitrogens with one attached hydrogen (secondary N) is 1. The van der Waals surface area contributed by atoms with Crippen LogP contribution in [0.1, 0.15) is 5.56 Å². The number of thioether (sulfide) groups is 1. The van der Waals surface area contributed by atoms with Gasteiger partial charge in [-0.15, -0.1) is 0 Å². The van der Waals surface area contributed by atoms with Crippen molar-refractivity contribution in [2.24, 2.45) is 0 Å². The molecule has 2 nitrogen and oxygen atoms in total. The molecule has 0 bridgehead atoms. The van der Waals surface area contributed by atoms with Crippen LogP contribution in [0.15, 0.2) is 24.3 Å². The number of hydrogen-bond acceptors (Lipinski definition) is 3. The molecule has 0 amide bonds. The number of hydrogen-bond donors (Lipinski definition) is 1. The minimum absolute atomic E-state index is 0.990. The zero-order valence-corrected chi connectivity index (χ0v) is 10.3. The second kappa shape index (κ2) is 7.60. The van der Waals surface area contributed by atoms with E-state index in [1.54, 1.807) is 7.11 Å². The minimum atomic E-state index is 0.990. The van der Waals surface area contributed by atoms with Crippen LogP contribution in [0.2, 0.25) is 0 Å². The van der Waals surface area contributed by atoms with E-state index >= 15 is 0 Å². The third kappa shape index (κ3) is 4.58. The number of benzene rings is 1. The lowest BCUT2D eigenvalue weighted by Crippen LogP contribution is -2.20. The first kappa shape index (κ1) is 12.4. The molecule has 0 saturated carbocycles. The minimum Gasteiger partial charge on any atom is -0.496 e. The molecule has 0 fully saturated rings. The highest BCUT2D eigenvalue weighted by molar-refractivity contribution is 7.98. The van der Waals surface area contributed by atoms with Gasteiger partial charge in [-0.3, -0.25) is 0 Å². The maximum Gasteiger partial charge on any atom is 0.122 e. The molecule has 0 unspecified atom stereocenters. The van der Waals surface area contributed by atoms with Crippen LogP contribution in [0.25, 0.3) is 0 Å². The van der Waals surface area contributed by atoms with Crippen molar-refractivity contribution in [2.75, 3.05) is 32.2 Å². The van der Waals surface area contributed by atoms with Gasteiger partial charge < -0.3 is 10.1 Å². The average Bonchev–Trinajstić information content (AvgIpc) is 2.29. The van der Waals surface area contributed by atoms with E-state index in [4.69, 9.17) is 4.74 Å². The molecular weight excluding hydrogens is 206 g/mol. The Labute approximate surface area is 96.4 Å². The lowest BCUT2D eigenvalue weighted by molar-refractivity contribution is 0.409. The van der Waals surface area contributed by atoms with Crippen LogP contribution in [-0.2, 0) is 6.42 Å². The molecule has 0 radical (unpaired) electrons. The van der Waals surface area contributed by atoms with E-state index in [1.165, 1.54) is 11.3 Å². The molecule has 0 heterocycles. The van der Waals surface area contributed by atoms with Crippen LogP contribution in [0.4, 0.5) is 0 Å². The summed E-state index contributed by atoms with van der Waals surface area (Å²) < 4.78 is 5.29. The fourth-order valence-electron chi connectivity index (χ4n) is 1.43. The summed E-state index contributed by atoms with van der Waals surface area (Å²) in [4.78, 5) is 0. The first-order chi connectivity index (χ1) is 7.38. The van der Waals surface area contributed by atoms with Crippen LogP contribution in [0.3, 0.4) is 0 Å². The van der Waals surface area contributed by atoms with Crippen LogP contribution in [0.5, 0.6) is 5.75 Å². The van der Waals surface area contributed by atoms with Crippen molar-refractivity contribution in [3.8, 4) is 5.75 Å². The van der Waals surface area contributed by atoms with Gasteiger partial charge in [0.1, 0.15) is 5.75 Å². The van der Waals surface area contributed by atoms with Crippen molar-refractivity contribution >= 4 is 11.8 Å². The highest BCUT2D eigenvalue weighted by Gasteiger charge is 1.99. The molecule has 0 saturated heterocycles. The van der Waals surface area contributed by atoms with Gasteiger partial charge in [-0.1, -0.05) is 18.2 Å². The molecule has 1 rings (SSSR count).